The predicted octanol–water partition coefficient (Wildman–Crippen LogP) is 4.75. The SMILES string of the molecule is COc1ccc(NC(=O)c2cc(C(C)C)ccc2O)cc1OCc1cccnc1. The molecule has 3 rings (SSSR count). The Hall–Kier alpha value is -3.54. The van der Waals surface area contributed by atoms with E-state index < -0.39 is 5.91 Å². The van der Waals surface area contributed by atoms with E-state index in [1.165, 1.54) is 0 Å². The minimum Gasteiger partial charge on any atom is -0.507 e. The standard InChI is InChI=1S/C23H24N2O4/c1-15(2)17-6-8-20(26)19(11-17)23(27)25-18-7-9-21(28-3)22(12-18)29-14-16-5-4-10-24-13-16/h4-13,15,26H,14H2,1-3H3,(H,25,27). The van der Waals surface area contributed by atoms with Gasteiger partial charge in [-0.2, -0.15) is 0 Å². The van der Waals surface area contributed by atoms with Crippen molar-refractivity contribution in [3.8, 4) is 17.2 Å². The Labute approximate surface area is 170 Å². The van der Waals surface area contributed by atoms with E-state index in [0.29, 0.717) is 23.8 Å². The summed E-state index contributed by atoms with van der Waals surface area (Å²) in [6.07, 6.45) is 3.42. The maximum atomic E-state index is 12.7. The van der Waals surface area contributed by atoms with E-state index in [1.54, 1.807) is 49.8 Å². The number of carbonyl (C=O) groups excluding carboxylic acids is 1. The second-order valence-corrected chi connectivity index (χ2v) is 6.90. The highest BCUT2D eigenvalue weighted by atomic mass is 16.5. The first-order chi connectivity index (χ1) is 14.0. The summed E-state index contributed by atoms with van der Waals surface area (Å²) in [5.41, 5.74) is 2.65. The van der Waals surface area contributed by atoms with Gasteiger partial charge in [-0.25, -0.2) is 0 Å². The van der Waals surface area contributed by atoms with Gasteiger partial charge in [0.25, 0.3) is 5.91 Å². The summed E-state index contributed by atoms with van der Waals surface area (Å²) in [5.74, 6) is 0.836. The molecule has 0 spiro atoms. The molecule has 0 saturated carbocycles. The van der Waals surface area contributed by atoms with Gasteiger partial charge in [0.2, 0.25) is 0 Å². The number of nitrogens with zero attached hydrogens (tertiary/aromatic N) is 1. The fraction of sp³-hybridized carbons (Fsp3) is 0.217. The van der Waals surface area contributed by atoms with Crippen molar-refractivity contribution in [1.82, 2.24) is 4.98 Å². The minimum atomic E-state index is -0.395. The molecule has 1 heterocycles. The number of benzene rings is 2. The average molecular weight is 392 g/mol. The number of hydrogen-bond donors (Lipinski definition) is 2. The lowest BCUT2D eigenvalue weighted by atomic mass is 10.00. The second kappa shape index (κ2) is 9.10. The number of anilines is 1. The molecule has 0 atom stereocenters. The van der Waals surface area contributed by atoms with Crippen molar-refractivity contribution in [2.45, 2.75) is 26.4 Å². The molecule has 0 fully saturated rings. The summed E-state index contributed by atoms with van der Waals surface area (Å²) >= 11 is 0. The Morgan fingerprint density at radius 3 is 2.66 bits per heavy atom. The van der Waals surface area contributed by atoms with E-state index in [1.807, 2.05) is 32.0 Å². The Morgan fingerprint density at radius 1 is 1.14 bits per heavy atom. The first-order valence-corrected chi connectivity index (χ1v) is 9.32. The molecular weight excluding hydrogens is 368 g/mol. The van der Waals surface area contributed by atoms with Crippen LogP contribution < -0.4 is 14.8 Å². The number of phenols is 1. The van der Waals surface area contributed by atoms with Crippen LogP contribution >= 0.6 is 0 Å². The van der Waals surface area contributed by atoms with Crippen LogP contribution in [0.5, 0.6) is 17.2 Å². The molecule has 0 aliphatic rings. The van der Waals surface area contributed by atoms with Crippen molar-refractivity contribution in [2.24, 2.45) is 0 Å². The number of pyridine rings is 1. The number of amides is 1. The Balaban J connectivity index is 1.79. The van der Waals surface area contributed by atoms with Gasteiger partial charge in [0.15, 0.2) is 11.5 Å². The van der Waals surface area contributed by atoms with Crippen LogP contribution in [0.15, 0.2) is 60.9 Å². The molecule has 0 aliphatic heterocycles. The number of ether oxygens (including phenoxy) is 2. The quantitative estimate of drug-likeness (QED) is 0.606. The average Bonchev–Trinajstić information content (AvgIpc) is 2.73. The summed E-state index contributed by atoms with van der Waals surface area (Å²) in [5, 5.41) is 12.9. The summed E-state index contributed by atoms with van der Waals surface area (Å²) in [4.78, 5) is 16.8. The highest BCUT2D eigenvalue weighted by Crippen LogP contribution is 2.32. The van der Waals surface area contributed by atoms with Crippen molar-refractivity contribution in [3.05, 3.63) is 77.6 Å². The number of carbonyl (C=O) groups is 1. The van der Waals surface area contributed by atoms with Crippen LogP contribution in [0, 0.1) is 0 Å². The first kappa shape index (κ1) is 20.2. The van der Waals surface area contributed by atoms with E-state index in [9.17, 15) is 9.90 Å². The van der Waals surface area contributed by atoms with Crippen molar-refractivity contribution in [2.75, 3.05) is 12.4 Å². The monoisotopic (exact) mass is 392 g/mol. The lowest BCUT2D eigenvalue weighted by Crippen LogP contribution is -2.13. The van der Waals surface area contributed by atoms with Crippen LogP contribution in [-0.2, 0) is 6.61 Å². The van der Waals surface area contributed by atoms with Crippen molar-refractivity contribution < 1.29 is 19.4 Å². The van der Waals surface area contributed by atoms with Gasteiger partial charge >= 0.3 is 0 Å². The van der Waals surface area contributed by atoms with E-state index in [0.717, 1.165) is 11.1 Å². The molecule has 0 radical (unpaired) electrons. The third-order valence-electron chi connectivity index (χ3n) is 4.47. The van der Waals surface area contributed by atoms with Gasteiger partial charge in [0.1, 0.15) is 12.4 Å². The van der Waals surface area contributed by atoms with Crippen molar-refractivity contribution in [3.63, 3.8) is 0 Å². The summed E-state index contributed by atoms with van der Waals surface area (Å²) in [6, 6.07) is 13.9. The van der Waals surface area contributed by atoms with Gasteiger partial charge in [-0.05, 0) is 41.8 Å². The number of rotatable bonds is 7. The lowest BCUT2D eigenvalue weighted by Gasteiger charge is -2.14. The van der Waals surface area contributed by atoms with Crippen LogP contribution in [0.3, 0.4) is 0 Å². The second-order valence-electron chi connectivity index (χ2n) is 6.90. The highest BCUT2D eigenvalue weighted by Gasteiger charge is 2.15. The summed E-state index contributed by atoms with van der Waals surface area (Å²) in [6.45, 7) is 4.38. The van der Waals surface area contributed by atoms with E-state index in [2.05, 4.69) is 10.3 Å². The number of phenolic OH excluding ortho intramolecular Hbond substituents is 1. The third kappa shape index (κ3) is 5.04. The zero-order valence-corrected chi connectivity index (χ0v) is 16.7. The van der Waals surface area contributed by atoms with Crippen LogP contribution in [0.1, 0.15) is 41.3 Å². The van der Waals surface area contributed by atoms with E-state index in [4.69, 9.17) is 9.47 Å². The largest absolute Gasteiger partial charge is 0.507 e. The molecule has 2 aromatic carbocycles. The number of nitrogens with one attached hydrogen (secondary N) is 1. The van der Waals surface area contributed by atoms with Gasteiger partial charge in [0, 0.05) is 29.7 Å². The molecule has 0 bridgehead atoms. The first-order valence-electron chi connectivity index (χ1n) is 9.32. The maximum Gasteiger partial charge on any atom is 0.259 e. The van der Waals surface area contributed by atoms with Gasteiger partial charge in [-0.3, -0.25) is 9.78 Å². The topological polar surface area (TPSA) is 80.7 Å². The molecule has 3 aromatic rings. The highest BCUT2D eigenvalue weighted by molar-refractivity contribution is 6.06. The van der Waals surface area contributed by atoms with Crippen LogP contribution in [0.2, 0.25) is 0 Å². The van der Waals surface area contributed by atoms with Crippen LogP contribution in [0.4, 0.5) is 5.69 Å². The molecule has 1 aromatic heterocycles. The lowest BCUT2D eigenvalue weighted by molar-refractivity contribution is 0.102. The smallest absolute Gasteiger partial charge is 0.259 e. The molecule has 1 amide bonds. The number of hydrogen-bond acceptors (Lipinski definition) is 5. The molecule has 0 aliphatic carbocycles. The van der Waals surface area contributed by atoms with Crippen molar-refractivity contribution in [1.29, 1.82) is 0 Å². The zero-order valence-electron chi connectivity index (χ0n) is 16.7. The zero-order chi connectivity index (χ0) is 20.8. The summed E-state index contributed by atoms with van der Waals surface area (Å²) in [7, 11) is 1.56. The fourth-order valence-corrected chi connectivity index (χ4v) is 2.80. The number of methoxy groups -OCH3 is 1. The van der Waals surface area contributed by atoms with Crippen molar-refractivity contribution >= 4 is 11.6 Å². The van der Waals surface area contributed by atoms with Crippen LogP contribution in [0.25, 0.3) is 0 Å². The molecule has 0 saturated heterocycles. The Kier molecular flexibility index (Phi) is 6.34. The molecule has 2 N–H and O–H groups in total. The Bertz CT molecular complexity index is 987. The molecule has 29 heavy (non-hydrogen) atoms. The Morgan fingerprint density at radius 2 is 1.97 bits per heavy atom. The van der Waals surface area contributed by atoms with Gasteiger partial charge < -0.3 is 19.9 Å². The normalized spacial score (nSPS) is 10.6. The maximum absolute atomic E-state index is 12.7. The number of aromatic nitrogens is 1. The van der Waals surface area contributed by atoms with E-state index >= 15 is 0 Å². The number of aromatic hydroxyl groups is 1. The van der Waals surface area contributed by atoms with Gasteiger partial charge in [-0.1, -0.05) is 26.0 Å². The summed E-state index contributed by atoms with van der Waals surface area (Å²) < 4.78 is 11.2. The molecule has 150 valence electrons. The third-order valence-corrected chi connectivity index (χ3v) is 4.47. The molecule has 0 unspecified atom stereocenters. The predicted molar refractivity (Wildman–Crippen MR) is 112 cm³/mol. The van der Waals surface area contributed by atoms with Gasteiger partial charge in [0.05, 0.1) is 12.7 Å². The fourth-order valence-electron chi connectivity index (χ4n) is 2.80. The van der Waals surface area contributed by atoms with E-state index in [-0.39, 0.29) is 17.2 Å². The van der Waals surface area contributed by atoms with Gasteiger partial charge in [-0.15, -0.1) is 0 Å². The molecular formula is C23H24N2O4. The molecule has 6 nitrogen and oxygen atoms in total. The molecule has 6 heteroatoms. The minimum absolute atomic E-state index is 0.0616. The van der Waals surface area contributed by atoms with Crippen LogP contribution in [-0.4, -0.2) is 23.1 Å².